The predicted octanol–water partition coefficient (Wildman–Crippen LogP) is 2.11. The first-order valence-corrected chi connectivity index (χ1v) is 10.8. The predicted molar refractivity (Wildman–Crippen MR) is 102 cm³/mol. The number of aromatic nitrogens is 2. The monoisotopic (exact) mass is 376 g/mol. The van der Waals surface area contributed by atoms with Crippen LogP contribution in [-0.2, 0) is 29.8 Å². The van der Waals surface area contributed by atoms with E-state index in [-0.39, 0.29) is 5.82 Å². The number of halogens is 1. The van der Waals surface area contributed by atoms with Gasteiger partial charge in [-0.05, 0) is 54.8 Å². The number of piperazine rings is 1. The third kappa shape index (κ3) is 4.05. The van der Waals surface area contributed by atoms with Crippen molar-refractivity contribution in [3.8, 4) is 0 Å². The van der Waals surface area contributed by atoms with Crippen LogP contribution in [0.15, 0.2) is 24.3 Å². The zero-order valence-corrected chi connectivity index (χ0v) is 15.7. The Hall–Kier alpha value is -1.57. The average molecular weight is 377 g/mol. The van der Waals surface area contributed by atoms with E-state index in [0.29, 0.717) is 5.75 Å². The minimum atomic E-state index is -0.723. The van der Waals surface area contributed by atoms with Gasteiger partial charge in [0.05, 0.1) is 5.69 Å². The van der Waals surface area contributed by atoms with Crippen LogP contribution in [-0.4, -0.2) is 58.1 Å². The third-order valence-corrected chi connectivity index (χ3v) is 6.65. The Morgan fingerprint density at radius 3 is 2.69 bits per heavy atom. The summed E-state index contributed by atoms with van der Waals surface area (Å²) in [5.41, 5.74) is 4.60. The Kier molecular flexibility index (Phi) is 5.47. The fraction of sp³-hybridized carbons (Fsp3) is 0.526. The number of aromatic amines is 1. The molecular weight excluding hydrogens is 351 g/mol. The first-order valence-electron chi connectivity index (χ1n) is 9.32. The van der Waals surface area contributed by atoms with Gasteiger partial charge in [-0.2, -0.15) is 5.10 Å². The quantitative estimate of drug-likeness (QED) is 0.812. The molecule has 26 heavy (non-hydrogen) atoms. The van der Waals surface area contributed by atoms with Gasteiger partial charge in [-0.1, -0.05) is 0 Å². The number of aryl methyl sites for hydroxylation is 2. The second-order valence-corrected chi connectivity index (χ2v) is 8.65. The fourth-order valence-electron chi connectivity index (χ4n) is 3.83. The highest BCUT2D eigenvalue weighted by Gasteiger charge is 2.24. The molecule has 0 bridgehead atoms. The number of hydrogen-bond acceptors (Lipinski definition) is 4. The van der Waals surface area contributed by atoms with Crippen molar-refractivity contribution in [2.45, 2.75) is 25.0 Å². The minimum Gasteiger partial charge on any atom is -0.616 e. The van der Waals surface area contributed by atoms with Crippen LogP contribution >= 0.6 is 0 Å². The Morgan fingerprint density at radius 1 is 1.15 bits per heavy atom. The topological polar surface area (TPSA) is 58.2 Å². The molecule has 1 unspecified atom stereocenters. The molecule has 1 saturated heterocycles. The Labute approximate surface area is 156 Å². The Morgan fingerprint density at radius 2 is 1.92 bits per heavy atom. The molecule has 1 N–H and O–H groups in total. The van der Waals surface area contributed by atoms with Crippen LogP contribution in [0.5, 0.6) is 0 Å². The van der Waals surface area contributed by atoms with Gasteiger partial charge in [0.2, 0.25) is 0 Å². The van der Waals surface area contributed by atoms with Crippen molar-refractivity contribution in [3.63, 3.8) is 0 Å². The van der Waals surface area contributed by atoms with Crippen LogP contribution in [0.2, 0.25) is 0 Å². The molecule has 0 saturated carbocycles. The lowest BCUT2D eigenvalue weighted by Gasteiger charge is -2.36. The SMILES string of the molecule is [O-][S+]1CCc2n[nH]c(CCCN3CCN(c4ccc(F)cc4)CC3)c2C1. The number of nitrogens with one attached hydrogen (secondary N) is 1. The summed E-state index contributed by atoms with van der Waals surface area (Å²) in [5.74, 6) is 1.23. The number of nitrogens with zero attached hydrogens (tertiary/aromatic N) is 3. The highest BCUT2D eigenvalue weighted by atomic mass is 32.2. The summed E-state index contributed by atoms with van der Waals surface area (Å²) >= 11 is -0.723. The molecule has 1 aromatic carbocycles. The van der Waals surface area contributed by atoms with Crippen molar-refractivity contribution in [3.05, 3.63) is 47.0 Å². The molecule has 1 fully saturated rings. The van der Waals surface area contributed by atoms with E-state index in [4.69, 9.17) is 0 Å². The maximum atomic E-state index is 13.0. The van der Waals surface area contributed by atoms with Crippen molar-refractivity contribution in [1.82, 2.24) is 15.1 Å². The van der Waals surface area contributed by atoms with Crippen molar-refractivity contribution >= 4 is 16.9 Å². The maximum absolute atomic E-state index is 13.0. The molecule has 4 rings (SSSR count). The van der Waals surface area contributed by atoms with E-state index in [1.165, 1.54) is 23.4 Å². The highest BCUT2D eigenvalue weighted by molar-refractivity contribution is 7.90. The van der Waals surface area contributed by atoms with Gasteiger partial charge in [-0.3, -0.25) is 10.00 Å². The van der Waals surface area contributed by atoms with E-state index in [1.807, 2.05) is 12.1 Å². The largest absolute Gasteiger partial charge is 0.616 e. The Balaban J connectivity index is 1.23. The van der Waals surface area contributed by atoms with Crippen molar-refractivity contribution in [2.24, 2.45) is 0 Å². The van der Waals surface area contributed by atoms with Crippen LogP contribution in [0.1, 0.15) is 23.4 Å². The molecule has 0 radical (unpaired) electrons. The van der Waals surface area contributed by atoms with Crippen LogP contribution in [0, 0.1) is 5.82 Å². The van der Waals surface area contributed by atoms with Crippen molar-refractivity contribution in [2.75, 3.05) is 43.4 Å². The first kappa shape index (κ1) is 17.8. The van der Waals surface area contributed by atoms with Gasteiger partial charge in [-0.25, -0.2) is 4.39 Å². The molecule has 140 valence electrons. The van der Waals surface area contributed by atoms with Crippen LogP contribution in [0.4, 0.5) is 10.1 Å². The zero-order valence-electron chi connectivity index (χ0n) is 14.9. The number of benzene rings is 1. The molecule has 7 heteroatoms. The molecule has 2 aliphatic heterocycles. The van der Waals surface area contributed by atoms with E-state index in [0.717, 1.165) is 69.1 Å². The van der Waals surface area contributed by atoms with Gasteiger partial charge in [-0.15, -0.1) is 0 Å². The molecule has 0 amide bonds. The summed E-state index contributed by atoms with van der Waals surface area (Å²) in [6, 6.07) is 6.77. The summed E-state index contributed by atoms with van der Waals surface area (Å²) in [6.45, 7) is 5.08. The summed E-state index contributed by atoms with van der Waals surface area (Å²) < 4.78 is 24.8. The fourth-order valence-corrected chi connectivity index (χ4v) is 5.06. The lowest BCUT2D eigenvalue weighted by molar-refractivity contribution is 0.255. The van der Waals surface area contributed by atoms with E-state index in [2.05, 4.69) is 20.0 Å². The Bertz CT molecular complexity index is 728. The molecule has 1 aromatic heterocycles. The van der Waals surface area contributed by atoms with Crippen LogP contribution in [0.3, 0.4) is 0 Å². The summed E-state index contributed by atoms with van der Waals surface area (Å²) in [4.78, 5) is 4.80. The smallest absolute Gasteiger partial charge is 0.134 e. The van der Waals surface area contributed by atoms with Gasteiger partial charge in [0.1, 0.15) is 17.3 Å². The normalized spacial score (nSPS) is 21.0. The number of rotatable bonds is 5. The minimum absolute atomic E-state index is 0.183. The van der Waals surface area contributed by atoms with Gasteiger partial charge >= 0.3 is 0 Å². The van der Waals surface area contributed by atoms with Gasteiger partial charge in [0, 0.05) is 49.5 Å². The number of fused-ring (bicyclic) bond motifs is 1. The third-order valence-electron chi connectivity index (χ3n) is 5.38. The second-order valence-electron chi connectivity index (χ2n) is 7.07. The first-order chi connectivity index (χ1) is 12.7. The summed E-state index contributed by atoms with van der Waals surface area (Å²) in [6.07, 6.45) is 2.89. The molecular formula is C19H25FN4OS. The van der Waals surface area contributed by atoms with Gasteiger partial charge in [0.15, 0.2) is 0 Å². The van der Waals surface area contributed by atoms with Gasteiger partial charge < -0.3 is 9.45 Å². The summed E-state index contributed by atoms with van der Waals surface area (Å²) in [5, 5.41) is 7.57. The van der Waals surface area contributed by atoms with Crippen molar-refractivity contribution < 1.29 is 8.94 Å². The second kappa shape index (κ2) is 7.98. The van der Waals surface area contributed by atoms with E-state index in [1.54, 1.807) is 0 Å². The zero-order chi connectivity index (χ0) is 17.9. The van der Waals surface area contributed by atoms with Crippen molar-refractivity contribution in [1.29, 1.82) is 0 Å². The van der Waals surface area contributed by atoms with Gasteiger partial charge in [0.25, 0.3) is 0 Å². The summed E-state index contributed by atoms with van der Waals surface area (Å²) in [7, 11) is 0. The van der Waals surface area contributed by atoms with Crippen LogP contribution < -0.4 is 4.90 Å². The van der Waals surface area contributed by atoms with E-state index >= 15 is 0 Å². The lowest BCUT2D eigenvalue weighted by atomic mass is 10.1. The molecule has 1 atom stereocenters. The molecule has 0 spiro atoms. The standard InChI is InChI=1S/C19H25FN4OS/c20-15-3-5-16(6-4-15)24-11-9-23(10-12-24)8-1-2-18-17-14-26(25)13-7-19(17)22-21-18/h3-6H,1-2,7-14H2,(H,21,22). The van der Waals surface area contributed by atoms with E-state index in [9.17, 15) is 8.94 Å². The molecule has 0 aliphatic carbocycles. The molecule has 2 aliphatic rings. The number of H-pyrrole nitrogens is 1. The van der Waals surface area contributed by atoms with Crippen LogP contribution in [0.25, 0.3) is 0 Å². The number of anilines is 1. The lowest BCUT2D eigenvalue weighted by Crippen LogP contribution is -2.46. The highest BCUT2D eigenvalue weighted by Crippen LogP contribution is 2.23. The average Bonchev–Trinajstić information content (AvgIpc) is 3.05. The molecule has 2 aromatic rings. The molecule has 5 nitrogen and oxygen atoms in total. The molecule has 3 heterocycles. The van der Waals surface area contributed by atoms with E-state index < -0.39 is 11.2 Å². The maximum Gasteiger partial charge on any atom is 0.134 e. The number of hydrogen-bond donors (Lipinski definition) is 1.